The number of aromatic amines is 1. The number of anilines is 1. The number of benzene rings is 1. The van der Waals surface area contributed by atoms with E-state index in [9.17, 15) is 17.6 Å². The SMILES string of the molecule is C[C@@H]1Cc2cc(-c3cn[nH]n3)ccc2[C@@H](c2ccc(NC3CN(CCCF)C3)cn2)N1CC(F)(F)F. The van der Waals surface area contributed by atoms with Gasteiger partial charge in [0.05, 0.1) is 49.1 Å². The molecule has 1 aromatic carbocycles. The maximum absolute atomic E-state index is 13.6. The quantitative estimate of drug-likeness (QED) is 0.449. The first kappa shape index (κ1) is 24.6. The molecule has 0 bridgehead atoms. The van der Waals surface area contributed by atoms with E-state index in [1.165, 1.54) is 4.90 Å². The minimum Gasteiger partial charge on any atom is -0.378 e. The van der Waals surface area contributed by atoms with Gasteiger partial charge in [0.25, 0.3) is 0 Å². The van der Waals surface area contributed by atoms with Crippen LogP contribution in [0.3, 0.4) is 0 Å². The average molecular weight is 504 g/mol. The molecule has 36 heavy (non-hydrogen) atoms. The van der Waals surface area contributed by atoms with Crippen molar-refractivity contribution < 1.29 is 17.6 Å². The monoisotopic (exact) mass is 503 g/mol. The summed E-state index contributed by atoms with van der Waals surface area (Å²) in [7, 11) is 0. The Morgan fingerprint density at radius 1 is 1.14 bits per heavy atom. The highest BCUT2D eigenvalue weighted by Crippen LogP contribution is 2.40. The number of nitrogens with one attached hydrogen (secondary N) is 2. The van der Waals surface area contributed by atoms with Gasteiger partial charge >= 0.3 is 6.18 Å². The van der Waals surface area contributed by atoms with E-state index in [4.69, 9.17) is 0 Å². The summed E-state index contributed by atoms with van der Waals surface area (Å²) >= 11 is 0. The summed E-state index contributed by atoms with van der Waals surface area (Å²) in [5.41, 5.74) is 4.75. The number of H-pyrrole nitrogens is 1. The summed E-state index contributed by atoms with van der Waals surface area (Å²) in [5, 5.41) is 14.0. The van der Waals surface area contributed by atoms with Gasteiger partial charge in [-0.15, -0.1) is 0 Å². The topological polar surface area (TPSA) is 73.0 Å². The van der Waals surface area contributed by atoms with Crippen molar-refractivity contribution in [2.24, 2.45) is 0 Å². The van der Waals surface area contributed by atoms with E-state index < -0.39 is 18.8 Å². The second-order valence-corrected chi connectivity index (χ2v) is 9.63. The number of aromatic nitrogens is 4. The Balaban J connectivity index is 1.39. The van der Waals surface area contributed by atoms with Gasteiger partial charge in [-0.2, -0.15) is 28.6 Å². The largest absolute Gasteiger partial charge is 0.401 e. The van der Waals surface area contributed by atoms with Crippen LogP contribution in [0.2, 0.25) is 0 Å². The molecule has 3 aromatic rings. The van der Waals surface area contributed by atoms with Crippen LogP contribution in [-0.4, -0.2) is 81.3 Å². The van der Waals surface area contributed by atoms with Crippen LogP contribution in [0.4, 0.5) is 23.2 Å². The van der Waals surface area contributed by atoms with Gasteiger partial charge in [0.1, 0.15) is 5.69 Å². The van der Waals surface area contributed by atoms with Gasteiger partial charge in [-0.3, -0.25) is 19.2 Å². The van der Waals surface area contributed by atoms with Gasteiger partial charge in [0.15, 0.2) is 0 Å². The fourth-order valence-electron chi connectivity index (χ4n) is 5.22. The van der Waals surface area contributed by atoms with Crippen LogP contribution in [0.1, 0.15) is 36.2 Å². The highest BCUT2D eigenvalue weighted by molar-refractivity contribution is 5.61. The number of hydrogen-bond acceptors (Lipinski definition) is 6. The fraction of sp³-hybridized carbons (Fsp3) is 0.480. The molecule has 192 valence electrons. The third-order valence-electron chi connectivity index (χ3n) is 6.93. The average Bonchev–Trinajstić information content (AvgIpc) is 3.35. The van der Waals surface area contributed by atoms with Gasteiger partial charge in [-0.05, 0) is 49.1 Å². The van der Waals surface area contributed by atoms with Gasteiger partial charge in [0, 0.05) is 31.2 Å². The molecular weight excluding hydrogens is 474 g/mol. The Morgan fingerprint density at radius 3 is 2.64 bits per heavy atom. The molecular formula is C25H29F4N7. The van der Waals surface area contributed by atoms with Gasteiger partial charge in [-0.1, -0.05) is 12.1 Å². The molecule has 1 fully saturated rings. The molecule has 5 rings (SSSR count). The number of hydrogen-bond donors (Lipinski definition) is 2. The first-order valence-corrected chi connectivity index (χ1v) is 12.1. The molecule has 0 radical (unpaired) electrons. The third-order valence-corrected chi connectivity index (χ3v) is 6.93. The number of fused-ring (bicyclic) bond motifs is 1. The van der Waals surface area contributed by atoms with E-state index in [0.717, 1.165) is 42.0 Å². The normalized spacial score (nSPS) is 21.2. The lowest BCUT2D eigenvalue weighted by Gasteiger charge is -2.42. The summed E-state index contributed by atoms with van der Waals surface area (Å²) in [6, 6.07) is 8.73. The number of halogens is 4. The van der Waals surface area contributed by atoms with Crippen LogP contribution in [0.25, 0.3) is 11.3 Å². The summed E-state index contributed by atoms with van der Waals surface area (Å²) in [6.45, 7) is 2.92. The molecule has 0 amide bonds. The van der Waals surface area contributed by atoms with Crippen molar-refractivity contribution in [3.63, 3.8) is 0 Å². The molecule has 2 aliphatic heterocycles. The highest BCUT2D eigenvalue weighted by atomic mass is 19.4. The van der Waals surface area contributed by atoms with Crippen molar-refractivity contribution in [1.82, 2.24) is 30.2 Å². The molecule has 0 spiro atoms. The minimum atomic E-state index is -4.33. The molecule has 0 saturated carbocycles. The zero-order valence-electron chi connectivity index (χ0n) is 20.0. The van der Waals surface area contributed by atoms with Gasteiger partial charge in [0.2, 0.25) is 0 Å². The van der Waals surface area contributed by atoms with E-state index >= 15 is 0 Å². The molecule has 2 atom stereocenters. The van der Waals surface area contributed by atoms with Crippen LogP contribution >= 0.6 is 0 Å². The Bertz CT molecular complexity index is 1140. The maximum atomic E-state index is 13.6. The zero-order valence-corrected chi connectivity index (χ0v) is 20.0. The molecule has 0 unspecified atom stereocenters. The van der Waals surface area contributed by atoms with Crippen LogP contribution in [-0.2, 0) is 6.42 Å². The molecule has 2 N–H and O–H groups in total. The van der Waals surface area contributed by atoms with Crippen molar-refractivity contribution in [1.29, 1.82) is 0 Å². The molecule has 4 heterocycles. The van der Waals surface area contributed by atoms with Crippen molar-refractivity contribution >= 4 is 5.69 Å². The minimum absolute atomic E-state index is 0.254. The second-order valence-electron chi connectivity index (χ2n) is 9.63. The lowest BCUT2D eigenvalue weighted by atomic mass is 9.85. The Morgan fingerprint density at radius 2 is 1.97 bits per heavy atom. The van der Waals surface area contributed by atoms with E-state index in [1.807, 2.05) is 37.3 Å². The lowest BCUT2D eigenvalue weighted by Crippen LogP contribution is -2.54. The maximum Gasteiger partial charge on any atom is 0.401 e. The van der Waals surface area contributed by atoms with E-state index in [0.29, 0.717) is 24.2 Å². The van der Waals surface area contributed by atoms with Crippen LogP contribution in [0.5, 0.6) is 0 Å². The first-order valence-electron chi connectivity index (χ1n) is 12.1. The second kappa shape index (κ2) is 10.1. The summed E-state index contributed by atoms with van der Waals surface area (Å²) in [6.07, 6.45) is 0.0160. The van der Waals surface area contributed by atoms with Gasteiger partial charge < -0.3 is 5.32 Å². The number of rotatable bonds is 8. The number of alkyl halides is 4. The molecule has 2 aliphatic rings. The molecule has 0 aliphatic carbocycles. The molecule has 7 nitrogen and oxygen atoms in total. The standard InChI is InChI=1S/C25H29F4N7/c1-16-9-18-10-17(23-12-31-34-33-23)3-5-21(18)24(36(16)15-25(27,28)29)22-6-4-19(11-30-22)32-20-13-35(14-20)8-2-7-26/h3-6,10-12,16,20,24,32H,2,7-9,13-15H2,1H3,(H,31,33,34)/t16-,24+/m1/s1. The van der Waals surface area contributed by atoms with E-state index in [2.05, 4.69) is 30.6 Å². The zero-order chi connectivity index (χ0) is 25.3. The molecule has 11 heteroatoms. The number of nitrogens with zero attached hydrogens (tertiary/aromatic N) is 5. The first-order chi connectivity index (χ1) is 17.3. The summed E-state index contributed by atoms with van der Waals surface area (Å²) in [5.74, 6) is 0. The van der Waals surface area contributed by atoms with Crippen LogP contribution < -0.4 is 5.32 Å². The van der Waals surface area contributed by atoms with Crippen molar-refractivity contribution in [3.8, 4) is 11.3 Å². The third kappa shape index (κ3) is 5.36. The van der Waals surface area contributed by atoms with E-state index in [1.54, 1.807) is 12.4 Å². The summed E-state index contributed by atoms with van der Waals surface area (Å²) < 4.78 is 53.1. The Kier molecular flexibility index (Phi) is 6.94. The van der Waals surface area contributed by atoms with Crippen LogP contribution in [0.15, 0.2) is 42.7 Å². The van der Waals surface area contributed by atoms with Crippen molar-refractivity contribution in [3.05, 3.63) is 59.5 Å². The number of likely N-dealkylation sites (tertiary alicyclic amines) is 1. The van der Waals surface area contributed by atoms with Gasteiger partial charge in [-0.25, -0.2) is 0 Å². The van der Waals surface area contributed by atoms with Crippen molar-refractivity contribution in [2.45, 2.75) is 44.1 Å². The van der Waals surface area contributed by atoms with Crippen molar-refractivity contribution in [2.75, 3.05) is 38.2 Å². The molecule has 1 saturated heterocycles. The Hall–Kier alpha value is -3.05. The Labute approximate surface area is 206 Å². The summed E-state index contributed by atoms with van der Waals surface area (Å²) in [4.78, 5) is 8.28. The smallest absolute Gasteiger partial charge is 0.378 e. The fourth-order valence-corrected chi connectivity index (χ4v) is 5.22. The van der Waals surface area contributed by atoms with E-state index in [-0.39, 0.29) is 18.8 Å². The van der Waals surface area contributed by atoms with Crippen LogP contribution in [0, 0.1) is 0 Å². The lowest BCUT2D eigenvalue weighted by molar-refractivity contribution is -0.155. The molecule has 2 aromatic heterocycles. The highest BCUT2D eigenvalue weighted by Gasteiger charge is 2.41. The predicted octanol–water partition coefficient (Wildman–Crippen LogP) is 4.22. The number of pyridine rings is 1. The predicted molar refractivity (Wildman–Crippen MR) is 128 cm³/mol.